The van der Waals surface area contributed by atoms with Crippen molar-refractivity contribution in [3.8, 4) is 0 Å². The molecular weight excluding hydrogens is 240 g/mol. The Labute approximate surface area is 111 Å². The van der Waals surface area contributed by atoms with Gasteiger partial charge in [0, 0.05) is 19.5 Å². The van der Waals surface area contributed by atoms with Gasteiger partial charge < -0.3 is 5.32 Å². The molecular formula is C14H16N4O. The Balaban J connectivity index is 1.69. The largest absolute Gasteiger partial charge is 0.312 e. The second-order valence-electron chi connectivity index (χ2n) is 4.98. The maximum atomic E-state index is 12.1. The first-order valence-corrected chi connectivity index (χ1v) is 6.43. The van der Waals surface area contributed by atoms with Crippen LogP contribution in [-0.2, 0) is 6.42 Å². The highest BCUT2D eigenvalue weighted by molar-refractivity contribution is 5.95. The normalized spacial score (nSPS) is 15.2. The van der Waals surface area contributed by atoms with Crippen LogP contribution in [0.15, 0.2) is 30.5 Å². The van der Waals surface area contributed by atoms with Gasteiger partial charge in [-0.25, -0.2) is 4.68 Å². The van der Waals surface area contributed by atoms with E-state index < -0.39 is 0 Å². The van der Waals surface area contributed by atoms with Gasteiger partial charge in [-0.1, -0.05) is 35.0 Å². The fraction of sp³-hybridized carbons (Fsp3) is 0.357. The van der Waals surface area contributed by atoms with Crippen molar-refractivity contribution in [3.63, 3.8) is 0 Å². The van der Waals surface area contributed by atoms with Gasteiger partial charge in [0.2, 0.25) is 0 Å². The first-order chi connectivity index (χ1) is 9.22. The molecule has 0 atom stereocenters. The second-order valence-corrected chi connectivity index (χ2v) is 4.98. The smallest absolute Gasteiger partial charge is 0.189 e. The van der Waals surface area contributed by atoms with Crippen molar-refractivity contribution in [1.82, 2.24) is 20.3 Å². The van der Waals surface area contributed by atoms with E-state index in [0.29, 0.717) is 18.2 Å². The summed E-state index contributed by atoms with van der Waals surface area (Å²) in [5, 5.41) is 11.2. The molecule has 0 radical (unpaired) electrons. The summed E-state index contributed by atoms with van der Waals surface area (Å²) in [6, 6.07) is 8.33. The molecule has 1 aromatic carbocycles. The summed E-state index contributed by atoms with van der Waals surface area (Å²) >= 11 is 0. The Bertz CT molecular complexity index is 584. The fourth-order valence-electron chi connectivity index (χ4n) is 2.03. The third-order valence-electron chi connectivity index (χ3n) is 3.42. The van der Waals surface area contributed by atoms with Gasteiger partial charge in [0.05, 0.1) is 12.2 Å². The fourth-order valence-corrected chi connectivity index (χ4v) is 2.03. The molecule has 5 heteroatoms. The van der Waals surface area contributed by atoms with Crippen molar-refractivity contribution in [1.29, 1.82) is 0 Å². The lowest BCUT2D eigenvalue weighted by atomic mass is 10.1. The molecule has 1 fully saturated rings. The number of aromatic nitrogens is 3. The van der Waals surface area contributed by atoms with Crippen LogP contribution in [0.3, 0.4) is 0 Å². The van der Waals surface area contributed by atoms with E-state index in [4.69, 9.17) is 0 Å². The second kappa shape index (κ2) is 4.93. The molecule has 1 N–H and O–H groups in total. The van der Waals surface area contributed by atoms with Crippen molar-refractivity contribution < 1.29 is 4.79 Å². The third-order valence-corrected chi connectivity index (χ3v) is 3.42. The predicted octanol–water partition coefficient (Wildman–Crippen LogP) is 1.16. The van der Waals surface area contributed by atoms with Gasteiger partial charge in [0.1, 0.15) is 5.69 Å². The molecule has 0 amide bonds. The molecule has 1 saturated heterocycles. The van der Waals surface area contributed by atoms with Crippen LogP contribution >= 0.6 is 0 Å². The molecule has 19 heavy (non-hydrogen) atoms. The SMILES string of the molecule is Cc1ccc(CC(=O)c2cn(C3CNC3)nn2)cc1. The monoisotopic (exact) mass is 256 g/mol. The summed E-state index contributed by atoms with van der Waals surface area (Å²) in [6.45, 7) is 3.83. The Morgan fingerprint density at radius 2 is 2.11 bits per heavy atom. The average molecular weight is 256 g/mol. The van der Waals surface area contributed by atoms with Crippen LogP contribution in [0.1, 0.15) is 27.7 Å². The van der Waals surface area contributed by atoms with Crippen molar-refractivity contribution >= 4 is 5.78 Å². The summed E-state index contributed by atoms with van der Waals surface area (Å²) in [4.78, 5) is 12.1. The zero-order valence-corrected chi connectivity index (χ0v) is 10.8. The van der Waals surface area contributed by atoms with E-state index in [0.717, 1.165) is 18.7 Å². The van der Waals surface area contributed by atoms with E-state index in [-0.39, 0.29) is 5.78 Å². The molecule has 0 bridgehead atoms. The van der Waals surface area contributed by atoms with Gasteiger partial charge in [-0.15, -0.1) is 5.10 Å². The predicted molar refractivity (Wildman–Crippen MR) is 71.1 cm³/mol. The Kier molecular flexibility index (Phi) is 3.13. The Hall–Kier alpha value is -2.01. The number of carbonyl (C=O) groups excluding carboxylic acids is 1. The van der Waals surface area contributed by atoms with Gasteiger partial charge >= 0.3 is 0 Å². The summed E-state index contributed by atoms with van der Waals surface area (Å²) < 4.78 is 1.78. The molecule has 1 aromatic heterocycles. The van der Waals surface area contributed by atoms with Crippen molar-refractivity contribution in [2.45, 2.75) is 19.4 Å². The molecule has 0 aliphatic carbocycles. The third kappa shape index (κ3) is 2.56. The van der Waals surface area contributed by atoms with Crippen LogP contribution in [0.2, 0.25) is 0 Å². The summed E-state index contributed by atoms with van der Waals surface area (Å²) in [6.07, 6.45) is 2.13. The number of nitrogens with one attached hydrogen (secondary N) is 1. The van der Waals surface area contributed by atoms with Crippen LogP contribution in [0.5, 0.6) is 0 Å². The van der Waals surface area contributed by atoms with Crippen LogP contribution in [0.25, 0.3) is 0 Å². The van der Waals surface area contributed by atoms with Gasteiger partial charge in [-0.3, -0.25) is 4.79 Å². The van der Waals surface area contributed by atoms with E-state index >= 15 is 0 Å². The molecule has 0 unspecified atom stereocenters. The minimum Gasteiger partial charge on any atom is -0.312 e. The average Bonchev–Trinajstić information content (AvgIpc) is 2.79. The minimum absolute atomic E-state index is 0.0161. The molecule has 0 spiro atoms. The zero-order chi connectivity index (χ0) is 13.2. The van der Waals surface area contributed by atoms with Gasteiger partial charge in [-0.05, 0) is 12.5 Å². The quantitative estimate of drug-likeness (QED) is 0.834. The van der Waals surface area contributed by atoms with E-state index in [1.165, 1.54) is 5.56 Å². The van der Waals surface area contributed by atoms with Crippen molar-refractivity contribution in [3.05, 3.63) is 47.3 Å². The van der Waals surface area contributed by atoms with Crippen LogP contribution in [0.4, 0.5) is 0 Å². The molecule has 2 aromatic rings. The number of rotatable bonds is 4. The number of benzene rings is 1. The summed E-state index contributed by atoms with van der Waals surface area (Å²) in [5.41, 5.74) is 2.66. The highest BCUT2D eigenvalue weighted by atomic mass is 16.1. The number of Topliss-reactive ketones (excluding diaryl/α,β-unsaturated/α-hetero) is 1. The first kappa shape index (κ1) is 12.0. The van der Waals surface area contributed by atoms with Crippen LogP contribution in [0, 0.1) is 6.92 Å². The maximum absolute atomic E-state index is 12.1. The summed E-state index contributed by atoms with van der Waals surface area (Å²) in [7, 11) is 0. The van der Waals surface area contributed by atoms with E-state index in [1.807, 2.05) is 31.2 Å². The van der Waals surface area contributed by atoms with Crippen molar-refractivity contribution in [2.75, 3.05) is 13.1 Å². The lowest BCUT2D eigenvalue weighted by Gasteiger charge is -2.26. The van der Waals surface area contributed by atoms with Gasteiger partial charge in [0.15, 0.2) is 5.78 Å². The number of aryl methyl sites for hydroxylation is 1. The van der Waals surface area contributed by atoms with Gasteiger partial charge in [0.25, 0.3) is 0 Å². The zero-order valence-electron chi connectivity index (χ0n) is 10.8. The molecule has 5 nitrogen and oxygen atoms in total. The topological polar surface area (TPSA) is 59.8 Å². The highest BCUT2D eigenvalue weighted by Gasteiger charge is 2.21. The Morgan fingerprint density at radius 3 is 2.74 bits per heavy atom. The van der Waals surface area contributed by atoms with E-state index in [2.05, 4.69) is 15.6 Å². The molecule has 0 saturated carbocycles. The standard InChI is InChI=1S/C14H16N4O/c1-10-2-4-11(5-3-10)6-14(19)13-9-18(17-16-13)12-7-15-8-12/h2-5,9,12,15H,6-8H2,1H3. The van der Waals surface area contributed by atoms with Gasteiger partial charge in [-0.2, -0.15) is 0 Å². The molecule has 1 aliphatic rings. The lowest BCUT2D eigenvalue weighted by molar-refractivity contribution is 0.0988. The lowest BCUT2D eigenvalue weighted by Crippen LogP contribution is -2.43. The highest BCUT2D eigenvalue weighted by Crippen LogP contribution is 2.12. The number of hydrogen-bond acceptors (Lipinski definition) is 4. The minimum atomic E-state index is 0.0161. The van der Waals surface area contributed by atoms with E-state index in [9.17, 15) is 4.79 Å². The Morgan fingerprint density at radius 1 is 1.37 bits per heavy atom. The van der Waals surface area contributed by atoms with Crippen molar-refractivity contribution in [2.24, 2.45) is 0 Å². The van der Waals surface area contributed by atoms with E-state index in [1.54, 1.807) is 10.9 Å². The number of hydrogen-bond donors (Lipinski definition) is 1. The summed E-state index contributed by atoms with van der Waals surface area (Å²) in [5.74, 6) is 0.0161. The number of nitrogens with zero attached hydrogens (tertiary/aromatic N) is 3. The molecule has 3 rings (SSSR count). The number of carbonyl (C=O) groups is 1. The molecule has 98 valence electrons. The molecule has 2 heterocycles. The van der Waals surface area contributed by atoms with Crippen LogP contribution < -0.4 is 5.32 Å². The first-order valence-electron chi connectivity index (χ1n) is 6.43. The molecule has 1 aliphatic heterocycles. The number of ketones is 1. The van der Waals surface area contributed by atoms with Crippen LogP contribution in [-0.4, -0.2) is 33.9 Å². The maximum Gasteiger partial charge on any atom is 0.189 e.